The lowest BCUT2D eigenvalue weighted by molar-refractivity contribution is 0.409. The van der Waals surface area contributed by atoms with Gasteiger partial charge in [0.25, 0.3) is 0 Å². The van der Waals surface area contributed by atoms with Crippen LogP contribution in [0.4, 0.5) is 0 Å². The molecular formula is C53H37N3. The first-order valence-electron chi connectivity index (χ1n) is 19.4. The van der Waals surface area contributed by atoms with E-state index < -0.39 is 0 Å². The third-order valence-corrected chi connectivity index (χ3v) is 11.5. The Kier molecular flexibility index (Phi) is 7.72. The van der Waals surface area contributed by atoms with Gasteiger partial charge in [-0.15, -0.1) is 0 Å². The van der Waals surface area contributed by atoms with Gasteiger partial charge in [-0.1, -0.05) is 194 Å². The molecule has 0 radical (unpaired) electrons. The number of aliphatic imine (C=N–C) groups is 1. The van der Waals surface area contributed by atoms with E-state index in [-0.39, 0.29) is 12.3 Å². The molecule has 0 amide bonds. The van der Waals surface area contributed by atoms with Gasteiger partial charge in [-0.3, -0.25) is 5.32 Å². The van der Waals surface area contributed by atoms with Crippen molar-refractivity contribution in [2.45, 2.75) is 12.3 Å². The van der Waals surface area contributed by atoms with Crippen molar-refractivity contribution in [1.29, 1.82) is 0 Å². The summed E-state index contributed by atoms with van der Waals surface area (Å²) < 4.78 is 0. The van der Waals surface area contributed by atoms with Gasteiger partial charge in [0, 0.05) is 11.1 Å². The number of nitrogens with zero attached hydrogens (tertiary/aromatic N) is 1. The van der Waals surface area contributed by atoms with E-state index in [4.69, 9.17) is 4.99 Å². The lowest BCUT2D eigenvalue weighted by Gasteiger charge is -2.33. The van der Waals surface area contributed by atoms with Crippen LogP contribution in [0, 0.1) is 0 Å². The summed E-state index contributed by atoms with van der Waals surface area (Å²) in [6.07, 6.45) is -0.380. The first-order valence-corrected chi connectivity index (χ1v) is 19.4. The molecule has 2 N–H and O–H groups in total. The molecule has 2 atom stereocenters. The number of benzene rings is 10. The Balaban J connectivity index is 1.10. The molecule has 1 heterocycles. The molecule has 0 bridgehead atoms. The van der Waals surface area contributed by atoms with Gasteiger partial charge in [-0.25, -0.2) is 4.99 Å². The van der Waals surface area contributed by atoms with Crippen LogP contribution in [0.15, 0.2) is 205 Å². The van der Waals surface area contributed by atoms with Crippen LogP contribution in [0.2, 0.25) is 0 Å². The summed E-state index contributed by atoms with van der Waals surface area (Å²) in [5.74, 6) is 0.876. The molecule has 0 aromatic heterocycles. The minimum absolute atomic E-state index is 0.143. The van der Waals surface area contributed by atoms with Crippen molar-refractivity contribution in [1.82, 2.24) is 10.6 Å². The summed E-state index contributed by atoms with van der Waals surface area (Å²) in [5.41, 5.74) is 8.11. The van der Waals surface area contributed by atoms with E-state index >= 15 is 0 Å². The van der Waals surface area contributed by atoms with Crippen molar-refractivity contribution in [3.8, 4) is 22.3 Å². The predicted octanol–water partition coefficient (Wildman–Crippen LogP) is 13.1. The first-order chi connectivity index (χ1) is 27.8. The van der Waals surface area contributed by atoms with Crippen molar-refractivity contribution in [3.05, 3.63) is 217 Å². The molecule has 264 valence electrons. The van der Waals surface area contributed by atoms with Gasteiger partial charge >= 0.3 is 0 Å². The van der Waals surface area contributed by atoms with Crippen LogP contribution in [-0.2, 0) is 0 Å². The molecule has 0 aliphatic carbocycles. The lowest BCUT2D eigenvalue weighted by Crippen LogP contribution is -2.45. The molecule has 3 nitrogen and oxygen atoms in total. The molecule has 0 spiro atoms. The average Bonchev–Trinajstić information content (AvgIpc) is 3.29. The van der Waals surface area contributed by atoms with Crippen LogP contribution in [0.5, 0.6) is 0 Å². The van der Waals surface area contributed by atoms with Gasteiger partial charge in [-0.05, 0) is 87.7 Å². The Morgan fingerprint density at radius 2 is 0.732 bits per heavy atom. The van der Waals surface area contributed by atoms with Gasteiger partial charge in [0.05, 0.1) is 0 Å². The highest BCUT2D eigenvalue weighted by molar-refractivity contribution is 6.27. The molecule has 0 saturated heterocycles. The summed E-state index contributed by atoms with van der Waals surface area (Å²) in [6, 6.07) is 72.4. The van der Waals surface area contributed by atoms with Crippen molar-refractivity contribution in [2.75, 3.05) is 0 Å². The zero-order chi connectivity index (χ0) is 37.0. The maximum absolute atomic E-state index is 5.48. The summed E-state index contributed by atoms with van der Waals surface area (Å²) >= 11 is 0. The second-order valence-corrected chi connectivity index (χ2v) is 14.7. The molecule has 10 aromatic rings. The molecule has 0 saturated carbocycles. The van der Waals surface area contributed by atoms with Crippen molar-refractivity contribution >= 4 is 59.7 Å². The van der Waals surface area contributed by atoms with Crippen molar-refractivity contribution in [2.24, 2.45) is 4.99 Å². The third kappa shape index (κ3) is 5.36. The first kappa shape index (κ1) is 32.4. The van der Waals surface area contributed by atoms with E-state index in [2.05, 4.69) is 211 Å². The number of hydrogen-bond acceptors (Lipinski definition) is 3. The molecule has 3 heteroatoms. The number of amidine groups is 1. The summed E-state index contributed by atoms with van der Waals surface area (Å²) in [4.78, 5) is 5.48. The van der Waals surface area contributed by atoms with Gasteiger partial charge in [0.2, 0.25) is 0 Å². The highest BCUT2D eigenvalue weighted by Gasteiger charge is 2.29. The lowest BCUT2D eigenvalue weighted by atomic mass is 9.86. The maximum atomic E-state index is 5.48. The standard InChI is InChI=1S/C53H37N3/c1-3-15-36(16-4-1)51-54-52(37-17-5-2-6-18-37)56-53(55-51)50-47-26-14-12-23-43(47)42-22-11-13-25-46(42)49(50)35-29-27-34(28-30-35)38-31-32-45-41-21-8-7-19-39(41)40-20-9-10-24-44(40)48(45)33-38/h1-33,51-52,54H,(H,55,56). The predicted molar refractivity (Wildman–Crippen MR) is 236 cm³/mol. The highest BCUT2D eigenvalue weighted by Crippen LogP contribution is 2.42. The molecule has 1 aliphatic heterocycles. The molecular weight excluding hydrogens is 679 g/mol. The van der Waals surface area contributed by atoms with Crippen LogP contribution in [-0.4, -0.2) is 5.84 Å². The topological polar surface area (TPSA) is 36.4 Å². The van der Waals surface area contributed by atoms with E-state index in [1.54, 1.807) is 0 Å². The Morgan fingerprint density at radius 3 is 1.30 bits per heavy atom. The zero-order valence-corrected chi connectivity index (χ0v) is 30.7. The molecule has 10 aromatic carbocycles. The summed E-state index contributed by atoms with van der Waals surface area (Å²) in [5, 5.41) is 20.2. The smallest absolute Gasteiger partial charge is 0.133 e. The molecule has 1 aliphatic rings. The monoisotopic (exact) mass is 715 g/mol. The Hall–Kier alpha value is -7.07. The quantitative estimate of drug-likeness (QED) is 0.174. The normalized spacial score (nSPS) is 15.7. The zero-order valence-electron chi connectivity index (χ0n) is 30.7. The van der Waals surface area contributed by atoms with Crippen LogP contribution < -0.4 is 10.6 Å². The fraction of sp³-hybridized carbons (Fsp3) is 0.0377. The average molecular weight is 716 g/mol. The Labute approximate surface area is 325 Å². The van der Waals surface area contributed by atoms with Gasteiger partial charge in [-0.2, -0.15) is 0 Å². The maximum Gasteiger partial charge on any atom is 0.133 e. The van der Waals surface area contributed by atoms with Gasteiger partial charge in [0.15, 0.2) is 0 Å². The van der Waals surface area contributed by atoms with E-state index in [0.717, 1.165) is 28.1 Å². The number of nitrogens with one attached hydrogen (secondary N) is 2. The van der Waals surface area contributed by atoms with Crippen LogP contribution in [0.25, 0.3) is 76.1 Å². The second kappa shape index (κ2) is 13.3. The highest BCUT2D eigenvalue weighted by atomic mass is 15.3. The minimum Gasteiger partial charge on any atom is -0.350 e. The van der Waals surface area contributed by atoms with Crippen molar-refractivity contribution < 1.29 is 0 Å². The molecule has 0 fully saturated rings. The van der Waals surface area contributed by atoms with E-state index in [9.17, 15) is 0 Å². The largest absolute Gasteiger partial charge is 0.350 e. The Morgan fingerprint density at radius 1 is 0.321 bits per heavy atom. The Bertz CT molecular complexity index is 3100. The molecule has 56 heavy (non-hydrogen) atoms. The van der Waals surface area contributed by atoms with E-state index in [0.29, 0.717) is 0 Å². The van der Waals surface area contributed by atoms with Crippen LogP contribution in [0.1, 0.15) is 29.0 Å². The number of rotatable bonds is 5. The van der Waals surface area contributed by atoms with Crippen LogP contribution in [0.3, 0.4) is 0 Å². The van der Waals surface area contributed by atoms with E-state index in [1.165, 1.54) is 70.6 Å². The second-order valence-electron chi connectivity index (χ2n) is 14.7. The third-order valence-electron chi connectivity index (χ3n) is 11.5. The fourth-order valence-corrected chi connectivity index (χ4v) is 8.91. The summed E-state index contributed by atoms with van der Waals surface area (Å²) in [6.45, 7) is 0. The minimum atomic E-state index is -0.237. The summed E-state index contributed by atoms with van der Waals surface area (Å²) in [7, 11) is 0. The van der Waals surface area contributed by atoms with Crippen molar-refractivity contribution in [3.63, 3.8) is 0 Å². The molecule has 11 rings (SSSR count). The van der Waals surface area contributed by atoms with Crippen LogP contribution >= 0.6 is 0 Å². The fourth-order valence-electron chi connectivity index (χ4n) is 8.91. The molecule has 2 unspecified atom stereocenters. The van der Waals surface area contributed by atoms with Gasteiger partial charge in [0.1, 0.15) is 18.2 Å². The SMILES string of the molecule is c1ccc(C2N=C(c3c(-c4ccc(-c5ccc6c7ccccc7c7ccccc7c6c5)cc4)c4ccccc4c4ccccc34)NC(c3ccccc3)N2)cc1. The van der Waals surface area contributed by atoms with Gasteiger partial charge < -0.3 is 5.32 Å². The number of hydrogen-bond donors (Lipinski definition) is 2. The number of fused-ring (bicyclic) bond motifs is 9. The van der Waals surface area contributed by atoms with E-state index in [1.807, 2.05) is 0 Å².